The minimum absolute atomic E-state index is 0.0437. The van der Waals surface area contributed by atoms with Crippen LogP contribution in [0, 0.1) is 13.8 Å². The Morgan fingerprint density at radius 1 is 1.10 bits per heavy atom. The van der Waals surface area contributed by atoms with Gasteiger partial charge in [-0.3, -0.25) is 9.78 Å². The number of pyridine rings is 1. The van der Waals surface area contributed by atoms with Crippen LogP contribution in [0.3, 0.4) is 0 Å². The van der Waals surface area contributed by atoms with Crippen molar-refractivity contribution in [3.63, 3.8) is 0 Å². The molecule has 2 aromatic rings. The first-order chi connectivity index (χ1) is 9.75. The molecule has 0 bridgehead atoms. The molecule has 1 heterocycles. The number of Topliss-reactive ketones (excluding diaryl/α,β-unsaturated/α-hetero) is 1. The smallest absolute Gasteiger partial charge is 0.292 e. The summed E-state index contributed by atoms with van der Waals surface area (Å²) in [5.41, 5.74) is 2.10. The lowest BCUT2D eigenvalue weighted by Gasteiger charge is -2.07. The Hall–Kier alpha value is -2.17. The van der Waals surface area contributed by atoms with Crippen LogP contribution in [0.5, 0.6) is 0 Å². The molecule has 0 aliphatic rings. The van der Waals surface area contributed by atoms with Crippen molar-refractivity contribution in [2.75, 3.05) is 0 Å². The number of alkyl halides is 3. The second kappa shape index (κ2) is 5.68. The molecular weight excluding hydrogens is 279 g/mol. The van der Waals surface area contributed by atoms with Crippen LogP contribution in [0.4, 0.5) is 13.2 Å². The van der Waals surface area contributed by atoms with E-state index >= 15 is 0 Å². The maximum absolute atomic E-state index is 12.4. The molecule has 5 heteroatoms. The molecule has 2 rings (SSSR count). The summed E-state index contributed by atoms with van der Waals surface area (Å²) in [5, 5.41) is 0. The monoisotopic (exact) mass is 293 g/mol. The number of carbonyl (C=O) groups is 1. The van der Waals surface area contributed by atoms with Gasteiger partial charge in [0.25, 0.3) is 0 Å². The first kappa shape index (κ1) is 15.2. The maximum atomic E-state index is 12.4. The van der Waals surface area contributed by atoms with E-state index in [2.05, 4.69) is 4.98 Å². The van der Waals surface area contributed by atoms with Crippen molar-refractivity contribution in [1.29, 1.82) is 0 Å². The van der Waals surface area contributed by atoms with Crippen molar-refractivity contribution >= 4 is 5.78 Å². The lowest BCUT2D eigenvalue weighted by atomic mass is 10.0. The van der Waals surface area contributed by atoms with E-state index in [4.69, 9.17) is 0 Å². The van der Waals surface area contributed by atoms with Crippen LogP contribution in [0.25, 0.3) is 0 Å². The van der Waals surface area contributed by atoms with Crippen LogP contribution in [-0.4, -0.2) is 10.8 Å². The van der Waals surface area contributed by atoms with Crippen LogP contribution in [0.2, 0.25) is 0 Å². The molecule has 0 saturated carbocycles. The van der Waals surface area contributed by atoms with Gasteiger partial charge >= 0.3 is 6.18 Å². The summed E-state index contributed by atoms with van der Waals surface area (Å²) in [4.78, 5) is 15.7. The molecule has 0 unspecified atom stereocenters. The lowest BCUT2D eigenvalue weighted by molar-refractivity contribution is -0.137. The highest BCUT2D eigenvalue weighted by Crippen LogP contribution is 2.28. The fourth-order valence-corrected chi connectivity index (χ4v) is 2.17. The number of aromatic nitrogens is 1. The van der Waals surface area contributed by atoms with Crippen molar-refractivity contribution in [2.45, 2.75) is 26.4 Å². The summed E-state index contributed by atoms with van der Waals surface area (Å²) in [6.45, 7) is 3.86. The Kier molecular flexibility index (Phi) is 4.11. The molecule has 21 heavy (non-hydrogen) atoms. The molecule has 1 aromatic heterocycles. The molecule has 1 aromatic carbocycles. The van der Waals surface area contributed by atoms with E-state index in [9.17, 15) is 18.0 Å². The Balaban J connectivity index is 2.17. The first-order valence-electron chi connectivity index (χ1n) is 6.39. The number of aryl methyl sites for hydroxylation is 2. The van der Waals surface area contributed by atoms with E-state index in [1.54, 1.807) is 0 Å². The molecule has 0 radical (unpaired) electrons. The molecule has 0 aliphatic heterocycles. The topological polar surface area (TPSA) is 30.0 Å². The van der Waals surface area contributed by atoms with Gasteiger partial charge in [-0.15, -0.1) is 0 Å². The van der Waals surface area contributed by atoms with E-state index in [1.165, 1.54) is 0 Å². The van der Waals surface area contributed by atoms with Gasteiger partial charge in [-0.1, -0.05) is 29.3 Å². The zero-order valence-corrected chi connectivity index (χ0v) is 11.7. The second-order valence-electron chi connectivity index (χ2n) is 5.03. The van der Waals surface area contributed by atoms with Crippen molar-refractivity contribution < 1.29 is 18.0 Å². The van der Waals surface area contributed by atoms with Gasteiger partial charge < -0.3 is 0 Å². The molecule has 0 spiro atoms. The SMILES string of the molecule is Cc1cc(C)cc(CC(=O)c2ccc(C(F)(F)F)cn2)c1. The normalized spacial score (nSPS) is 11.5. The third-order valence-electron chi connectivity index (χ3n) is 3.02. The molecule has 0 aliphatic carbocycles. The molecule has 2 nitrogen and oxygen atoms in total. The number of nitrogens with zero attached hydrogens (tertiary/aromatic N) is 1. The summed E-state index contributed by atoms with van der Waals surface area (Å²) >= 11 is 0. The third-order valence-corrected chi connectivity index (χ3v) is 3.02. The maximum Gasteiger partial charge on any atom is 0.417 e. The minimum atomic E-state index is -4.44. The van der Waals surface area contributed by atoms with Gasteiger partial charge in [-0.25, -0.2) is 0 Å². The van der Waals surface area contributed by atoms with Crippen molar-refractivity contribution in [3.05, 3.63) is 64.5 Å². The summed E-state index contributed by atoms with van der Waals surface area (Å²) < 4.78 is 37.3. The standard InChI is InChI=1S/C16H14F3NO/c1-10-5-11(2)7-12(6-10)8-15(21)14-4-3-13(9-20-14)16(17,18)19/h3-7,9H,8H2,1-2H3. The van der Waals surface area contributed by atoms with Crippen LogP contribution >= 0.6 is 0 Å². The Bertz CT molecular complexity index is 640. The molecule has 0 atom stereocenters. The van der Waals surface area contributed by atoms with Gasteiger partial charge in [0.2, 0.25) is 0 Å². The summed E-state index contributed by atoms with van der Waals surface area (Å²) in [7, 11) is 0. The predicted octanol–water partition coefficient (Wildman–Crippen LogP) is 4.14. The van der Waals surface area contributed by atoms with Gasteiger partial charge in [-0.2, -0.15) is 13.2 Å². The highest BCUT2D eigenvalue weighted by atomic mass is 19.4. The number of ketones is 1. The van der Waals surface area contributed by atoms with E-state index in [0.717, 1.165) is 28.8 Å². The summed E-state index contributed by atoms with van der Waals surface area (Å²) in [6, 6.07) is 7.75. The van der Waals surface area contributed by atoms with E-state index in [-0.39, 0.29) is 17.9 Å². The molecule has 0 N–H and O–H groups in total. The average Bonchev–Trinajstić information content (AvgIpc) is 2.36. The largest absolute Gasteiger partial charge is 0.417 e. The quantitative estimate of drug-likeness (QED) is 0.796. The zero-order chi connectivity index (χ0) is 15.6. The number of benzene rings is 1. The van der Waals surface area contributed by atoms with Crippen LogP contribution in [-0.2, 0) is 12.6 Å². The highest BCUT2D eigenvalue weighted by molar-refractivity contribution is 5.95. The molecule has 110 valence electrons. The summed E-state index contributed by atoms with van der Waals surface area (Å²) in [5.74, 6) is -0.297. The van der Waals surface area contributed by atoms with Gasteiger partial charge in [0.05, 0.1) is 5.56 Å². The zero-order valence-electron chi connectivity index (χ0n) is 11.7. The third kappa shape index (κ3) is 3.90. The lowest BCUT2D eigenvalue weighted by Crippen LogP contribution is -2.10. The van der Waals surface area contributed by atoms with Gasteiger partial charge in [0.1, 0.15) is 5.69 Å². The van der Waals surface area contributed by atoms with E-state index in [0.29, 0.717) is 6.20 Å². The fraction of sp³-hybridized carbons (Fsp3) is 0.250. The number of hydrogen-bond acceptors (Lipinski definition) is 2. The number of halogens is 3. The van der Waals surface area contributed by atoms with Gasteiger partial charge in [0.15, 0.2) is 5.78 Å². The summed E-state index contributed by atoms with van der Waals surface area (Å²) in [6.07, 6.45) is -3.63. The predicted molar refractivity (Wildman–Crippen MR) is 73.2 cm³/mol. The fourth-order valence-electron chi connectivity index (χ4n) is 2.17. The second-order valence-corrected chi connectivity index (χ2v) is 5.03. The van der Waals surface area contributed by atoms with Crippen molar-refractivity contribution in [1.82, 2.24) is 4.98 Å². The van der Waals surface area contributed by atoms with Crippen molar-refractivity contribution in [2.24, 2.45) is 0 Å². The Labute approximate surface area is 120 Å². The van der Waals surface area contributed by atoms with Gasteiger partial charge in [0, 0.05) is 12.6 Å². The number of rotatable bonds is 3. The van der Waals surface area contributed by atoms with Gasteiger partial charge in [-0.05, 0) is 31.5 Å². The Morgan fingerprint density at radius 3 is 2.19 bits per heavy atom. The van der Waals surface area contributed by atoms with E-state index < -0.39 is 11.7 Å². The molecule has 0 fully saturated rings. The molecule has 0 saturated heterocycles. The molecular formula is C16H14F3NO. The Morgan fingerprint density at radius 2 is 1.71 bits per heavy atom. The average molecular weight is 293 g/mol. The van der Waals surface area contributed by atoms with Crippen LogP contribution in [0.15, 0.2) is 36.5 Å². The molecule has 0 amide bonds. The highest BCUT2D eigenvalue weighted by Gasteiger charge is 2.30. The van der Waals surface area contributed by atoms with E-state index in [1.807, 2.05) is 32.0 Å². The van der Waals surface area contributed by atoms with Crippen molar-refractivity contribution in [3.8, 4) is 0 Å². The first-order valence-corrected chi connectivity index (χ1v) is 6.39. The number of carbonyl (C=O) groups excluding carboxylic acids is 1. The van der Waals surface area contributed by atoms with Crippen LogP contribution in [0.1, 0.15) is 32.7 Å². The number of hydrogen-bond donors (Lipinski definition) is 0. The van der Waals surface area contributed by atoms with Crippen LogP contribution < -0.4 is 0 Å². The minimum Gasteiger partial charge on any atom is -0.292 e.